The number of nitrogens with zero attached hydrogens (tertiary/aromatic N) is 1. The molecular weight excluding hydrogens is 330 g/mol. The second kappa shape index (κ2) is 8.70. The van der Waals surface area contributed by atoms with Gasteiger partial charge in [-0.2, -0.15) is 8.78 Å². The minimum Gasteiger partial charge on any atom is -0.338 e. The van der Waals surface area contributed by atoms with Crippen LogP contribution in [-0.4, -0.2) is 35.7 Å². The van der Waals surface area contributed by atoms with E-state index in [4.69, 9.17) is 5.73 Å². The zero-order valence-corrected chi connectivity index (χ0v) is 14.0. The van der Waals surface area contributed by atoms with Crippen molar-refractivity contribution in [1.82, 2.24) is 4.90 Å². The van der Waals surface area contributed by atoms with Gasteiger partial charge in [0.1, 0.15) is 0 Å². The van der Waals surface area contributed by atoms with Gasteiger partial charge < -0.3 is 10.6 Å². The van der Waals surface area contributed by atoms with Gasteiger partial charge in [-0.1, -0.05) is 11.8 Å². The normalized spacial score (nSPS) is 19.7. The van der Waals surface area contributed by atoms with Crippen molar-refractivity contribution in [2.24, 2.45) is 11.7 Å². The van der Waals surface area contributed by atoms with E-state index >= 15 is 0 Å². The van der Waals surface area contributed by atoms with Crippen molar-refractivity contribution in [2.75, 3.05) is 13.1 Å². The summed E-state index contributed by atoms with van der Waals surface area (Å²) >= 11 is 0.484. The van der Waals surface area contributed by atoms with Gasteiger partial charge in [-0.3, -0.25) is 4.79 Å². The summed E-state index contributed by atoms with van der Waals surface area (Å²) in [7, 11) is 0. The first-order valence-corrected chi connectivity index (χ1v) is 7.95. The molecule has 2 N–H and O–H groups in total. The first kappa shape index (κ1) is 19.2. The van der Waals surface area contributed by atoms with E-state index in [0.29, 0.717) is 34.7 Å². The number of hydrogen-bond donors (Lipinski definition) is 1. The molecular formula is C15H21ClF2N2OS. The lowest BCUT2D eigenvalue weighted by molar-refractivity contribution is 0.0661. The van der Waals surface area contributed by atoms with Crippen LogP contribution in [0.15, 0.2) is 29.2 Å². The molecule has 0 saturated carbocycles. The Kier molecular flexibility index (Phi) is 7.59. The van der Waals surface area contributed by atoms with Crippen LogP contribution in [0, 0.1) is 5.92 Å². The Morgan fingerprint density at radius 2 is 2.00 bits per heavy atom. The van der Waals surface area contributed by atoms with E-state index in [-0.39, 0.29) is 24.4 Å². The number of carbonyl (C=O) groups is 1. The number of thioether (sulfide) groups is 1. The smallest absolute Gasteiger partial charge is 0.288 e. The molecule has 1 saturated heterocycles. The molecule has 3 nitrogen and oxygen atoms in total. The van der Waals surface area contributed by atoms with E-state index in [1.807, 2.05) is 11.8 Å². The third-order valence-electron chi connectivity index (χ3n) is 3.82. The van der Waals surface area contributed by atoms with Gasteiger partial charge in [-0.25, -0.2) is 0 Å². The molecule has 2 atom stereocenters. The molecule has 0 aromatic heterocycles. The molecule has 1 heterocycles. The van der Waals surface area contributed by atoms with Gasteiger partial charge in [0.25, 0.3) is 11.7 Å². The van der Waals surface area contributed by atoms with Gasteiger partial charge in [0.2, 0.25) is 0 Å². The number of nitrogens with two attached hydrogens (primary N) is 1. The fourth-order valence-corrected chi connectivity index (χ4v) is 3.08. The van der Waals surface area contributed by atoms with Crippen molar-refractivity contribution in [3.63, 3.8) is 0 Å². The summed E-state index contributed by atoms with van der Waals surface area (Å²) in [6.07, 6.45) is 2.00. The molecule has 0 spiro atoms. The number of halogens is 3. The molecule has 1 aliphatic heterocycles. The average molecular weight is 351 g/mol. The summed E-state index contributed by atoms with van der Waals surface area (Å²) in [5.41, 5.74) is 6.46. The van der Waals surface area contributed by atoms with Crippen LogP contribution in [0.2, 0.25) is 0 Å². The predicted molar refractivity (Wildman–Crippen MR) is 87.8 cm³/mol. The predicted octanol–water partition coefficient (Wildman–Crippen LogP) is 3.62. The van der Waals surface area contributed by atoms with Crippen molar-refractivity contribution >= 4 is 30.1 Å². The molecule has 7 heteroatoms. The van der Waals surface area contributed by atoms with Crippen molar-refractivity contribution in [3.05, 3.63) is 29.8 Å². The maximum Gasteiger partial charge on any atom is 0.288 e. The second-order valence-electron chi connectivity index (χ2n) is 5.42. The standard InChI is InChI=1S/C15H20F2N2OS.ClH/c1-10(18)12-3-2-8-19(9-12)14(20)11-4-6-13(7-5-11)21-15(16)17;/h4-7,10,12,15H,2-3,8-9,18H2,1H3;1H. The zero-order chi connectivity index (χ0) is 15.4. The molecule has 1 fully saturated rings. The highest BCUT2D eigenvalue weighted by Gasteiger charge is 2.26. The van der Waals surface area contributed by atoms with E-state index in [1.165, 1.54) is 0 Å². The van der Waals surface area contributed by atoms with E-state index in [1.54, 1.807) is 24.3 Å². The number of likely N-dealkylation sites (tertiary alicyclic amines) is 1. The summed E-state index contributed by atoms with van der Waals surface area (Å²) in [6, 6.07) is 6.43. The first-order chi connectivity index (χ1) is 9.97. The van der Waals surface area contributed by atoms with Crippen LogP contribution < -0.4 is 5.73 Å². The van der Waals surface area contributed by atoms with E-state index in [2.05, 4.69) is 0 Å². The van der Waals surface area contributed by atoms with Gasteiger partial charge in [-0.05, 0) is 49.9 Å². The Morgan fingerprint density at radius 3 is 2.55 bits per heavy atom. The Balaban J connectivity index is 0.00000242. The van der Waals surface area contributed by atoms with Crippen LogP contribution in [0.25, 0.3) is 0 Å². The minimum atomic E-state index is -2.44. The van der Waals surface area contributed by atoms with Gasteiger partial charge in [0, 0.05) is 29.6 Å². The largest absolute Gasteiger partial charge is 0.338 e. The highest BCUT2D eigenvalue weighted by Crippen LogP contribution is 2.26. The zero-order valence-electron chi connectivity index (χ0n) is 12.4. The minimum absolute atomic E-state index is 0. The number of alkyl halides is 2. The van der Waals surface area contributed by atoms with Crippen LogP contribution in [0.5, 0.6) is 0 Å². The molecule has 1 aliphatic rings. The lowest BCUT2D eigenvalue weighted by Gasteiger charge is -2.34. The highest BCUT2D eigenvalue weighted by molar-refractivity contribution is 7.99. The summed E-state index contributed by atoms with van der Waals surface area (Å²) in [5.74, 6) is -2.16. The Bertz CT molecular complexity index is 485. The van der Waals surface area contributed by atoms with Crippen LogP contribution in [0.3, 0.4) is 0 Å². The highest BCUT2D eigenvalue weighted by atomic mass is 35.5. The lowest BCUT2D eigenvalue weighted by Crippen LogP contribution is -2.45. The quantitative estimate of drug-likeness (QED) is 0.843. The number of benzene rings is 1. The number of amides is 1. The van der Waals surface area contributed by atoms with Gasteiger partial charge in [-0.15, -0.1) is 12.4 Å². The molecule has 1 amide bonds. The van der Waals surface area contributed by atoms with Crippen molar-refractivity contribution in [3.8, 4) is 0 Å². The number of rotatable bonds is 4. The summed E-state index contributed by atoms with van der Waals surface area (Å²) in [5, 5.41) is 0. The van der Waals surface area contributed by atoms with E-state index in [9.17, 15) is 13.6 Å². The molecule has 0 radical (unpaired) electrons. The van der Waals surface area contributed by atoms with Crippen molar-refractivity contribution in [2.45, 2.75) is 36.5 Å². The van der Waals surface area contributed by atoms with Gasteiger partial charge in [0.05, 0.1) is 0 Å². The molecule has 2 rings (SSSR count). The molecule has 0 bridgehead atoms. The SMILES string of the molecule is CC(N)C1CCCN(C(=O)c2ccc(SC(F)F)cc2)C1.Cl. The number of piperidine rings is 1. The number of hydrogen-bond acceptors (Lipinski definition) is 3. The Morgan fingerprint density at radius 1 is 1.36 bits per heavy atom. The number of carbonyl (C=O) groups excluding carboxylic acids is 1. The maximum absolute atomic E-state index is 12.4. The monoisotopic (exact) mass is 350 g/mol. The molecule has 1 aromatic rings. The van der Waals surface area contributed by atoms with Gasteiger partial charge >= 0.3 is 0 Å². The Hall–Kier alpha value is -0.850. The fourth-order valence-electron chi connectivity index (χ4n) is 2.59. The lowest BCUT2D eigenvalue weighted by atomic mass is 9.92. The van der Waals surface area contributed by atoms with Crippen molar-refractivity contribution < 1.29 is 13.6 Å². The molecule has 2 unspecified atom stereocenters. The maximum atomic E-state index is 12.4. The third-order valence-corrected chi connectivity index (χ3v) is 4.54. The molecule has 0 aliphatic carbocycles. The van der Waals surface area contributed by atoms with Crippen LogP contribution in [0.4, 0.5) is 8.78 Å². The fraction of sp³-hybridized carbons (Fsp3) is 0.533. The van der Waals surface area contributed by atoms with E-state index < -0.39 is 5.76 Å². The summed E-state index contributed by atoms with van der Waals surface area (Å²) in [4.78, 5) is 14.7. The summed E-state index contributed by atoms with van der Waals surface area (Å²) in [6.45, 7) is 3.37. The van der Waals surface area contributed by atoms with Gasteiger partial charge in [0.15, 0.2) is 0 Å². The van der Waals surface area contributed by atoms with Crippen LogP contribution in [-0.2, 0) is 0 Å². The molecule has 124 valence electrons. The van der Waals surface area contributed by atoms with Crippen molar-refractivity contribution in [1.29, 1.82) is 0 Å². The van der Waals surface area contributed by atoms with Crippen LogP contribution >= 0.6 is 24.2 Å². The first-order valence-electron chi connectivity index (χ1n) is 7.07. The van der Waals surface area contributed by atoms with Crippen LogP contribution in [0.1, 0.15) is 30.1 Å². The molecule has 22 heavy (non-hydrogen) atoms. The molecule has 1 aromatic carbocycles. The topological polar surface area (TPSA) is 46.3 Å². The summed E-state index contributed by atoms with van der Waals surface area (Å²) < 4.78 is 24.5. The average Bonchev–Trinajstić information content (AvgIpc) is 2.47. The Labute approximate surface area is 140 Å². The second-order valence-corrected chi connectivity index (χ2v) is 6.48. The van der Waals surface area contributed by atoms with E-state index in [0.717, 1.165) is 19.4 Å². The third kappa shape index (κ3) is 5.11.